The summed E-state index contributed by atoms with van der Waals surface area (Å²) in [7, 11) is 0. The van der Waals surface area contributed by atoms with Gasteiger partial charge in [-0.2, -0.15) is 0 Å². The van der Waals surface area contributed by atoms with E-state index in [1.165, 1.54) is 4.80 Å². The first-order valence-corrected chi connectivity index (χ1v) is 11.3. The van der Waals surface area contributed by atoms with Crippen molar-refractivity contribution in [3.8, 4) is 17.2 Å². The number of aryl methyl sites for hydroxylation is 1. The molecule has 0 radical (unpaired) electrons. The van der Waals surface area contributed by atoms with E-state index in [0.29, 0.717) is 40.1 Å². The fourth-order valence-corrected chi connectivity index (χ4v) is 4.23. The Balaban J connectivity index is 1.84. The molecule has 4 aromatic rings. The van der Waals surface area contributed by atoms with Crippen LogP contribution in [-0.2, 0) is 18.3 Å². The van der Waals surface area contributed by atoms with Crippen molar-refractivity contribution >= 4 is 22.6 Å². The van der Waals surface area contributed by atoms with Crippen LogP contribution < -0.4 is 0 Å². The lowest BCUT2D eigenvalue weighted by Gasteiger charge is -2.23. The van der Waals surface area contributed by atoms with Crippen LogP contribution in [0, 0.1) is 6.92 Å². The number of phenols is 2. The zero-order valence-electron chi connectivity index (χ0n) is 19.2. The second kappa shape index (κ2) is 8.69. The quantitative estimate of drug-likeness (QED) is 0.376. The van der Waals surface area contributed by atoms with Crippen molar-refractivity contribution in [1.82, 2.24) is 15.0 Å². The number of nitrogens with zero attached hydrogens (tertiary/aromatic N) is 3. The number of hydrogen-bond acceptors (Lipinski definition) is 5. The molecule has 0 saturated heterocycles. The molecule has 3 N–H and O–H groups in total. The van der Waals surface area contributed by atoms with E-state index < -0.39 is 0 Å². The smallest absolute Gasteiger partial charge is 0.146 e. The van der Waals surface area contributed by atoms with Gasteiger partial charge in [0.05, 0.1) is 0 Å². The molecule has 33 heavy (non-hydrogen) atoms. The van der Waals surface area contributed by atoms with E-state index >= 15 is 0 Å². The largest absolute Gasteiger partial charge is 0.507 e. The molecule has 0 bridgehead atoms. The zero-order chi connectivity index (χ0) is 23.9. The number of aromatic nitrogens is 3. The summed E-state index contributed by atoms with van der Waals surface area (Å²) in [6, 6.07) is 12.8. The molecule has 1 aromatic heterocycles. The molecule has 6 nitrogen and oxygen atoms in total. The Morgan fingerprint density at radius 3 is 2.30 bits per heavy atom. The first-order chi connectivity index (χ1) is 15.6. The van der Waals surface area contributed by atoms with E-state index in [0.717, 1.165) is 22.3 Å². The highest BCUT2D eigenvalue weighted by atomic mass is 35.5. The van der Waals surface area contributed by atoms with Gasteiger partial charge in [0.15, 0.2) is 0 Å². The summed E-state index contributed by atoms with van der Waals surface area (Å²) in [4.78, 5) is 1.39. The number of rotatable bonds is 5. The van der Waals surface area contributed by atoms with E-state index in [9.17, 15) is 15.3 Å². The number of halogens is 1. The molecule has 0 aliphatic rings. The lowest BCUT2D eigenvalue weighted by atomic mass is 9.83. The van der Waals surface area contributed by atoms with Gasteiger partial charge in [-0.15, -0.1) is 15.0 Å². The predicted octanol–water partition coefficient (Wildman–Crippen LogP) is 5.22. The van der Waals surface area contributed by atoms with Crippen molar-refractivity contribution < 1.29 is 15.3 Å². The van der Waals surface area contributed by atoms with Crippen molar-refractivity contribution in [1.29, 1.82) is 0 Å². The van der Waals surface area contributed by atoms with Crippen LogP contribution in [0.1, 0.15) is 48.6 Å². The number of phenolic OH excluding ortho intramolecular Hbond substituents is 2. The van der Waals surface area contributed by atoms with E-state index in [2.05, 4.69) is 31.0 Å². The number of benzene rings is 3. The van der Waals surface area contributed by atoms with Crippen LogP contribution in [0.15, 0.2) is 42.5 Å². The number of aliphatic hydroxyl groups is 1. The molecule has 7 heteroatoms. The molecule has 3 aromatic carbocycles. The molecule has 0 unspecified atom stereocenters. The molecule has 0 saturated carbocycles. The van der Waals surface area contributed by atoms with Gasteiger partial charge in [0.2, 0.25) is 0 Å². The molecule has 0 atom stereocenters. The Hall–Kier alpha value is -3.09. The van der Waals surface area contributed by atoms with Gasteiger partial charge in [-0.25, -0.2) is 0 Å². The lowest BCUT2D eigenvalue weighted by Crippen LogP contribution is -2.13. The highest BCUT2D eigenvalue weighted by Crippen LogP contribution is 2.37. The lowest BCUT2D eigenvalue weighted by molar-refractivity contribution is 0.299. The first-order valence-electron chi connectivity index (χ1n) is 10.9. The Morgan fingerprint density at radius 1 is 0.909 bits per heavy atom. The molecule has 172 valence electrons. The second-order valence-corrected chi connectivity index (χ2v) is 9.90. The topological polar surface area (TPSA) is 91.4 Å². The minimum absolute atomic E-state index is 0.0290. The third-order valence-electron chi connectivity index (χ3n) is 5.71. The van der Waals surface area contributed by atoms with Gasteiger partial charge in [-0.05, 0) is 59.7 Å². The molecule has 0 aliphatic carbocycles. The maximum Gasteiger partial charge on any atom is 0.146 e. The standard InChI is InChI=1S/C26H28ClN3O3/c1-15-9-17(24(32)20(10-15)26(2,3)4)13-18-11-16(7-8-31)12-23(25(18)33)30-28-21-6-5-19(27)14-22(21)29-30/h5-6,9-12,14,31-33H,7-8,13H2,1-4H3. The summed E-state index contributed by atoms with van der Waals surface area (Å²) in [5.41, 5.74) is 5.53. The summed E-state index contributed by atoms with van der Waals surface area (Å²) in [5, 5.41) is 41.3. The van der Waals surface area contributed by atoms with Crippen LogP contribution >= 0.6 is 11.6 Å². The summed E-state index contributed by atoms with van der Waals surface area (Å²) >= 11 is 6.08. The fraction of sp³-hybridized carbons (Fsp3) is 0.308. The van der Waals surface area contributed by atoms with Gasteiger partial charge in [-0.3, -0.25) is 0 Å². The van der Waals surface area contributed by atoms with Gasteiger partial charge >= 0.3 is 0 Å². The predicted molar refractivity (Wildman–Crippen MR) is 131 cm³/mol. The van der Waals surface area contributed by atoms with Crippen molar-refractivity contribution in [2.24, 2.45) is 0 Å². The zero-order valence-corrected chi connectivity index (χ0v) is 20.0. The SMILES string of the molecule is Cc1cc(Cc2cc(CCO)cc(-n3nc4ccc(Cl)cc4n3)c2O)c(O)c(C(C)(C)C)c1. The third kappa shape index (κ3) is 4.68. The molecule has 4 rings (SSSR count). The normalized spacial score (nSPS) is 11.9. The highest BCUT2D eigenvalue weighted by Gasteiger charge is 2.22. The highest BCUT2D eigenvalue weighted by molar-refractivity contribution is 6.31. The first kappa shape index (κ1) is 23.1. The number of fused-ring (bicyclic) bond motifs is 1. The minimum atomic E-state index is -0.225. The minimum Gasteiger partial charge on any atom is -0.507 e. The average Bonchev–Trinajstić information content (AvgIpc) is 3.14. The summed E-state index contributed by atoms with van der Waals surface area (Å²) in [6.45, 7) is 8.14. The van der Waals surface area contributed by atoms with Crippen LogP contribution in [0.3, 0.4) is 0 Å². The Morgan fingerprint density at radius 2 is 1.61 bits per heavy atom. The van der Waals surface area contributed by atoms with Gasteiger partial charge in [0, 0.05) is 23.6 Å². The molecule has 0 spiro atoms. The second-order valence-electron chi connectivity index (χ2n) is 9.47. The van der Waals surface area contributed by atoms with Gasteiger partial charge in [-0.1, -0.05) is 56.1 Å². The number of aliphatic hydroxyl groups excluding tert-OH is 1. The van der Waals surface area contributed by atoms with Crippen molar-refractivity contribution in [3.63, 3.8) is 0 Å². The summed E-state index contributed by atoms with van der Waals surface area (Å²) in [5.74, 6) is 0.264. The van der Waals surface area contributed by atoms with Crippen LogP contribution in [-0.4, -0.2) is 36.9 Å². The Labute approximate surface area is 198 Å². The van der Waals surface area contributed by atoms with Gasteiger partial charge < -0.3 is 15.3 Å². The van der Waals surface area contributed by atoms with Crippen molar-refractivity contribution in [3.05, 3.63) is 75.3 Å². The summed E-state index contributed by atoms with van der Waals surface area (Å²) in [6.07, 6.45) is 0.737. The third-order valence-corrected chi connectivity index (χ3v) is 5.94. The Kier molecular flexibility index (Phi) is 6.08. The van der Waals surface area contributed by atoms with Crippen molar-refractivity contribution in [2.75, 3.05) is 6.61 Å². The fourth-order valence-electron chi connectivity index (χ4n) is 4.06. The van der Waals surface area contributed by atoms with Crippen LogP contribution in [0.4, 0.5) is 0 Å². The van der Waals surface area contributed by atoms with Gasteiger partial charge in [0.1, 0.15) is 28.2 Å². The molecule has 0 amide bonds. The monoisotopic (exact) mass is 465 g/mol. The van der Waals surface area contributed by atoms with E-state index in [-0.39, 0.29) is 23.5 Å². The average molecular weight is 466 g/mol. The van der Waals surface area contributed by atoms with E-state index in [1.54, 1.807) is 24.3 Å². The van der Waals surface area contributed by atoms with Crippen LogP contribution in [0.2, 0.25) is 5.02 Å². The Bertz CT molecular complexity index is 1340. The van der Waals surface area contributed by atoms with E-state index in [1.807, 2.05) is 25.1 Å². The molecular weight excluding hydrogens is 438 g/mol. The van der Waals surface area contributed by atoms with Crippen molar-refractivity contribution in [2.45, 2.75) is 46.0 Å². The maximum atomic E-state index is 11.2. The molecule has 0 aliphatic heterocycles. The molecule has 0 fully saturated rings. The number of hydrogen-bond donors (Lipinski definition) is 3. The van der Waals surface area contributed by atoms with Crippen LogP contribution in [0.5, 0.6) is 11.5 Å². The van der Waals surface area contributed by atoms with E-state index in [4.69, 9.17) is 11.6 Å². The maximum absolute atomic E-state index is 11.2. The van der Waals surface area contributed by atoms with Gasteiger partial charge in [0.25, 0.3) is 0 Å². The van der Waals surface area contributed by atoms with Crippen LogP contribution in [0.25, 0.3) is 16.7 Å². The molecule has 1 heterocycles. The number of aromatic hydroxyl groups is 2. The summed E-state index contributed by atoms with van der Waals surface area (Å²) < 4.78 is 0. The molecular formula is C26H28ClN3O3.